The number of carbonyl (C=O) groups is 1. The predicted octanol–water partition coefficient (Wildman–Crippen LogP) is 5.09. The molecule has 0 saturated carbocycles. The molecule has 1 atom stereocenters. The van der Waals surface area contributed by atoms with E-state index in [1.54, 1.807) is 6.92 Å². The van der Waals surface area contributed by atoms with Gasteiger partial charge in [-0.05, 0) is 43.2 Å². The summed E-state index contributed by atoms with van der Waals surface area (Å²) < 4.78 is 6.13. The van der Waals surface area contributed by atoms with Crippen LogP contribution >= 0.6 is 0 Å². The van der Waals surface area contributed by atoms with Crippen LogP contribution in [0.4, 0.5) is 0 Å². The van der Waals surface area contributed by atoms with Crippen LogP contribution in [0.2, 0.25) is 0 Å². The molecule has 2 aromatic carbocycles. The summed E-state index contributed by atoms with van der Waals surface area (Å²) >= 11 is 0. The summed E-state index contributed by atoms with van der Waals surface area (Å²) in [7, 11) is 0. The molecule has 2 nitrogen and oxygen atoms in total. The highest BCUT2D eigenvalue weighted by atomic mass is 16.5. The van der Waals surface area contributed by atoms with Crippen molar-refractivity contribution < 1.29 is 9.53 Å². The highest BCUT2D eigenvalue weighted by Gasteiger charge is 2.16. The molecule has 0 aromatic heterocycles. The first-order valence-corrected chi connectivity index (χ1v) is 7.67. The Hall–Kier alpha value is -2.35. The molecule has 1 aliphatic rings. The van der Waals surface area contributed by atoms with E-state index >= 15 is 0 Å². The Balaban J connectivity index is 2.00. The molecule has 3 rings (SSSR count). The van der Waals surface area contributed by atoms with Gasteiger partial charge in [0, 0.05) is 6.42 Å². The van der Waals surface area contributed by atoms with Gasteiger partial charge in [0.05, 0.1) is 5.56 Å². The number of fused-ring (bicyclic) bond motifs is 1. The number of allylic oxidation sites excluding steroid dienone is 2. The lowest BCUT2D eigenvalue weighted by Crippen LogP contribution is -2.14. The molecule has 0 fully saturated rings. The maximum Gasteiger partial charge on any atom is 0.164 e. The fraction of sp³-hybridized carbons (Fsp3) is 0.250. The minimum absolute atomic E-state index is 0.0169. The summed E-state index contributed by atoms with van der Waals surface area (Å²) in [4.78, 5) is 12.1. The third-order valence-electron chi connectivity index (χ3n) is 4.01. The van der Waals surface area contributed by atoms with Crippen LogP contribution in [-0.2, 0) is 0 Å². The molecule has 1 unspecified atom stereocenters. The maximum absolute atomic E-state index is 12.1. The molecule has 112 valence electrons. The topological polar surface area (TPSA) is 26.3 Å². The van der Waals surface area contributed by atoms with E-state index in [0.29, 0.717) is 11.3 Å². The van der Waals surface area contributed by atoms with Gasteiger partial charge in [-0.1, -0.05) is 48.1 Å². The number of hydrogen-bond acceptors (Lipinski definition) is 2. The Morgan fingerprint density at radius 1 is 1.18 bits per heavy atom. The van der Waals surface area contributed by atoms with Gasteiger partial charge in [-0.25, -0.2) is 0 Å². The van der Waals surface area contributed by atoms with Crippen LogP contribution in [0.25, 0.3) is 10.8 Å². The molecule has 22 heavy (non-hydrogen) atoms. The first-order valence-electron chi connectivity index (χ1n) is 7.67. The van der Waals surface area contributed by atoms with Gasteiger partial charge in [0.25, 0.3) is 0 Å². The Labute approximate surface area is 131 Å². The molecule has 2 aromatic rings. The zero-order valence-corrected chi connectivity index (χ0v) is 13.0. The standard InChI is InChI=1S/C20H20O2/c1-14-6-5-8-17(12-10-14)22-19-13-11-16-7-3-4-9-18(16)20(19)15(2)21/h3-5,7-11,13,17H,6,12H2,1-2H3. The molecule has 0 saturated heterocycles. The van der Waals surface area contributed by atoms with E-state index < -0.39 is 0 Å². The fourth-order valence-electron chi connectivity index (χ4n) is 2.85. The normalized spacial score (nSPS) is 17.9. The van der Waals surface area contributed by atoms with Crippen LogP contribution in [0.15, 0.2) is 60.2 Å². The van der Waals surface area contributed by atoms with Crippen LogP contribution < -0.4 is 4.74 Å². The van der Waals surface area contributed by atoms with Gasteiger partial charge < -0.3 is 4.74 Å². The monoisotopic (exact) mass is 292 g/mol. The van der Waals surface area contributed by atoms with E-state index in [9.17, 15) is 4.79 Å². The van der Waals surface area contributed by atoms with Crippen molar-refractivity contribution >= 4 is 16.6 Å². The summed E-state index contributed by atoms with van der Waals surface area (Å²) in [6.07, 6.45) is 8.23. The second kappa shape index (κ2) is 6.18. The minimum atomic E-state index is -0.0169. The molecule has 0 amide bonds. The van der Waals surface area contributed by atoms with E-state index in [4.69, 9.17) is 4.74 Å². The molecule has 0 heterocycles. The summed E-state index contributed by atoms with van der Waals surface area (Å²) in [5, 5.41) is 2.02. The molecule has 2 heteroatoms. The van der Waals surface area contributed by atoms with Crippen LogP contribution in [0.5, 0.6) is 5.75 Å². The zero-order chi connectivity index (χ0) is 15.5. The summed E-state index contributed by atoms with van der Waals surface area (Å²) in [5.74, 6) is 0.713. The average Bonchev–Trinajstić information content (AvgIpc) is 2.71. The fourth-order valence-corrected chi connectivity index (χ4v) is 2.85. The largest absolute Gasteiger partial charge is 0.485 e. The number of ether oxygens (including phenoxy) is 1. The van der Waals surface area contributed by atoms with Gasteiger partial charge >= 0.3 is 0 Å². The lowest BCUT2D eigenvalue weighted by Gasteiger charge is -2.17. The van der Waals surface area contributed by atoms with E-state index in [0.717, 1.165) is 23.6 Å². The van der Waals surface area contributed by atoms with Crippen LogP contribution in [0.3, 0.4) is 0 Å². The van der Waals surface area contributed by atoms with Gasteiger partial charge in [-0.15, -0.1) is 0 Å². The van der Waals surface area contributed by atoms with Crippen molar-refractivity contribution in [2.75, 3.05) is 0 Å². The van der Waals surface area contributed by atoms with Gasteiger partial charge in [0.1, 0.15) is 11.9 Å². The lowest BCUT2D eigenvalue weighted by molar-refractivity contribution is 0.101. The number of benzene rings is 2. The second-order valence-corrected chi connectivity index (χ2v) is 5.79. The Morgan fingerprint density at radius 3 is 2.82 bits per heavy atom. The van der Waals surface area contributed by atoms with Crippen molar-refractivity contribution in [1.82, 2.24) is 0 Å². The minimum Gasteiger partial charge on any atom is -0.485 e. The third kappa shape index (κ3) is 2.96. The Morgan fingerprint density at radius 2 is 2.00 bits per heavy atom. The third-order valence-corrected chi connectivity index (χ3v) is 4.01. The summed E-state index contributed by atoms with van der Waals surface area (Å²) in [6, 6.07) is 11.9. The number of carbonyl (C=O) groups excluding carboxylic acids is 1. The highest BCUT2D eigenvalue weighted by Crippen LogP contribution is 2.30. The van der Waals surface area contributed by atoms with Crippen molar-refractivity contribution in [1.29, 1.82) is 0 Å². The second-order valence-electron chi connectivity index (χ2n) is 5.79. The summed E-state index contributed by atoms with van der Waals surface area (Å²) in [5.41, 5.74) is 2.03. The van der Waals surface area contributed by atoms with Crippen LogP contribution in [0, 0.1) is 0 Å². The van der Waals surface area contributed by atoms with E-state index in [2.05, 4.69) is 25.2 Å². The van der Waals surface area contributed by atoms with Crippen molar-refractivity contribution in [2.45, 2.75) is 32.8 Å². The van der Waals surface area contributed by atoms with Gasteiger partial charge in [-0.2, -0.15) is 0 Å². The first kappa shape index (κ1) is 14.6. The molecule has 0 N–H and O–H groups in total. The highest BCUT2D eigenvalue weighted by molar-refractivity contribution is 6.09. The SMILES string of the molecule is CC(=O)c1c(OC2C=CCC(C)=CC2)ccc2ccccc12. The van der Waals surface area contributed by atoms with Crippen molar-refractivity contribution in [3.05, 3.63) is 65.8 Å². The van der Waals surface area contributed by atoms with Gasteiger partial charge in [-0.3, -0.25) is 4.79 Å². The van der Waals surface area contributed by atoms with Crippen molar-refractivity contribution in [3.63, 3.8) is 0 Å². The molecule has 1 aliphatic carbocycles. The van der Waals surface area contributed by atoms with E-state index in [1.807, 2.05) is 36.4 Å². The van der Waals surface area contributed by atoms with Crippen LogP contribution in [0.1, 0.15) is 37.0 Å². The van der Waals surface area contributed by atoms with E-state index in [-0.39, 0.29) is 11.9 Å². The van der Waals surface area contributed by atoms with Crippen molar-refractivity contribution in [3.8, 4) is 5.75 Å². The Bertz CT molecular complexity index is 768. The number of Topliss-reactive ketones (excluding diaryl/α,β-unsaturated/α-hetero) is 1. The quantitative estimate of drug-likeness (QED) is 0.582. The maximum atomic E-state index is 12.1. The van der Waals surface area contributed by atoms with E-state index in [1.165, 1.54) is 5.57 Å². The average molecular weight is 292 g/mol. The lowest BCUT2D eigenvalue weighted by atomic mass is 10.0. The number of rotatable bonds is 3. The Kier molecular flexibility index (Phi) is 4.10. The molecule has 0 spiro atoms. The predicted molar refractivity (Wildman–Crippen MR) is 90.5 cm³/mol. The molecular formula is C20H20O2. The van der Waals surface area contributed by atoms with Crippen LogP contribution in [-0.4, -0.2) is 11.9 Å². The smallest absolute Gasteiger partial charge is 0.164 e. The van der Waals surface area contributed by atoms with Crippen molar-refractivity contribution in [2.24, 2.45) is 0 Å². The summed E-state index contributed by atoms with van der Waals surface area (Å²) in [6.45, 7) is 3.73. The number of ketones is 1. The molecular weight excluding hydrogens is 272 g/mol. The molecule has 0 bridgehead atoms. The first-order chi connectivity index (χ1) is 10.6. The zero-order valence-electron chi connectivity index (χ0n) is 13.0. The van der Waals surface area contributed by atoms with Gasteiger partial charge in [0.15, 0.2) is 5.78 Å². The molecule has 0 radical (unpaired) electrons. The van der Waals surface area contributed by atoms with Gasteiger partial charge in [0.2, 0.25) is 0 Å². The molecule has 0 aliphatic heterocycles. The number of hydrogen-bond donors (Lipinski definition) is 0.